The lowest BCUT2D eigenvalue weighted by Gasteiger charge is -2.13. The highest BCUT2D eigenvalue weighted by molar-refractivity contribution is 5.92. The SMILES string of the molecule is C=C(C)C(=O)NCCCCCc1nc2ccccc2n1CCOc1ccc(C(C)CC)cc1. The molecular weight excluding hydrogens is 410 g/mol. The fourth-order valence-corrected chi connectivity index (χ4v) is 3.89. The van der Waals surface area contributed by atoms with Gasteiger partial charge >= 0.3 is 0 Å². The average Bonchev–Trinajstić information content (AvgIpc) is 3.18. The number of ether oxygens (including phenoxy) is 1. The quantitative estimate of drug-likeness (QED) is 0.257. The minimum absolute atomic E-state index is 0.0636. The standard InChI is InChI=1S/C28H37N3O2/c1-5-22(4)23-14-16-24(17-15-23)33-20-19-31-26-12-9-8-11-25(26)30-27(31)13-7-6-10-18-29-28(32)21(2)3/h8-9,11-12,14-17,22H,2,5-7,10,13,18-20H2,1,3-4H3,(H,29,32). The van der Waals surface area contributed by atoms with Crippen molar-refractivity contribution >= 4 is 16.9 Å². The Morgan fingerprint density at radius 1 is 1.12 bits per heavy atom. The van der Waals surface area contributed by atoms with Gasteiger partial charge in [-0.3, -0.25) is 4.79 Å². The zero-order valence-electron chi connectivity index (χ0n) is 20.3. The van der Waals surface area contributed by atoms with Crippen LogP contribution in [0, 0.1) is 0 Å². The van der Waals surface area contributed by atoms with Crippen LogP contribution in [0.2, 0.25) is 0 Å². The molecule has 3 rings (SSSR count). The smallest absolute Gasteiger partial charge is 0.246 e. The largest absolute Gasteiger partial charge is 0.492 e. The molecule has 0 aliphatic rings. The van der Waals surface area contributed by atoms with Crippen molar-refractivity contribution in [3.63, 3.8) is 0 Å². The molecule has 5 nitrogen and oxygen atoms in total. The van der Waals surface area contributed by atoms with Crippen molar-refractivity contribution in [2.75, 3.05) is 13.2 Å². The molecule has 5 heteroatoms. The highest BCUT2D eigenvalue weighted by atomic mass is 16.5. The van der Waals surface area contributed by atoms with Crippen LogP contribution in [0.15, 0.2) is 60.7 Å². The van der Waals surface area contributed by atoms with Crippen LogP contribution in [0.25, 0.3) is 11.0 Å². The molecule has 0 fully saturated rings. The van der Waals surface area contributed by atoms with Crippen molar-refractivity contribution in [1.82, 2.24) is 14.9 Å². The number of aromatic nitrogens is 2. The lowest BCUT2D eigenvalue weighted by atomic mass is 9.99. The second kappa shape index (κ2) is 12.2. The fourth-order valence-electron chi connectivity index (χ4n) is 3.89. The van der Waals surface area contributed by atoms with Gasteiger partial charge in [0.05, 0.1) is 17.6 Å². The molecule has 1 unspecified atom stereocenters. The number of unbranched alkanes of at least 4 members (excludes halogenated alkanes) is 2. The molecule has 0 aliphatic heterocycles. The maximum Gasteiger partial charge on any atom is 0.246 e. The number of amides is 1. The molecule has 1 N–H and O–H groups in total. The number of para-hydroxylation sites is 2. The first-order chi connectivity index (χ1) is 16.0. The van der Waals surface area contributed by atoms with Crippen molar-refractivity contribution in [3.8, 4) is 5.75 Å². The van der Waals surface area contributed by atoms with E-state index in [1.54, 1.807) is 6.92 Å². The summed E-state index contributed by atoms with van der Waals surface area (Å²) in [6.45, 7) is 11.9. The minimum atomic E-state index is -0.0636. The van der Waals surface area contributed by atoms with E-state index in [0.29, 0.717) is 24.6 Å². The van der Waals surface area contributed by atoms with Crippen LogP contribution in [0.3, 0.4) is 0 Å². The number of nitrogens with zero attached hydrogens (tertiary/aromatic N) is 2. The normalized spacial score (nSPS) is 12.0. The molecule has 2 aromatic carbocycles. The summed E-state index contributed by atoms with van der Waals surface area (Å²) in [7, 11) is 0. The Bertz CT molecular complexity index is 1050. The third-order valence-corrected chi connectivity index (χ3v) is 6.13. The van der Waals surface area contributed by atoms with Crippen LogP contribution in [0.1, 0.15) is 63.8 Å². The van der Waals surface area contributed by atoms with Crippen LogP contribution in [0.4, 0.5) is 0 Å². The lowest BCUT2D eigenvalue weighted by Crippen LogP contribution is -2.24. The number of nitrogens with one attached hydrogen (secondary N) is 1. The molecule has 1 aromatic heterocycles. The molecule has 1 atom stereocenters. The Labute approximate surface area is 197 Å². The summed E-state index contributed by atoms with van der Waals surface area (Å²) in [5, 5.41) is 2.89. The van der Waals surface area contributed by atoms with E-state index in [2.05, 4.69) is 72.8 Å². The predicted molar refractivity (Wildman–Crippen MR) is 136 cm³/mol. The maximum atomic E-state index is 11.6. The highest BCUT2D eigenvalue weighted by Crippen LogP contribution is 2.22. The van der Waals surface area contributed by atoms with Crippen molar-refractivity contribution in [2.24, 2.45) is 0 Å². The van der Waals surface area contributed by atoms with Gasteiger partial charge in [0.1, 0.15) is 18.2 Å². The predicted octanol–water partition coefficient (Wildman–Crippen LogP) is 6.03. The van der Waals surface area contributed by atoms with Gasteiger partial charge in [-0.15, -0.1) is 0 Å². The van der Waals surface area contributed by atoms with Crippen molar-refractivity contribution < 1.29 is 9.53 Å². The number of aryl methyl sites for hydroxylation is 1. The molecule has 0 saturated carbocycles. The monoisotopic (exact) mass is 447 g/mol. The first kappa shape index (κ1) is 24.6. The van der Waals surface area contributed by atoms with Crippen molar-refractivity contribution in [2.45, 2.75) is 65.3 Å². The van der Waals surface area contributed by atoms with Gasteiger partial charge in [0.2, 0.25) is 5.91 Å². The molecule has 176 valence electrons. The number of rotatable bonds is 13. The maximum absolute atomic E-state index is 11.6. The molecule has 0 radical (unpaired) electrons. The van der Waals surface area contributed by atoms with Gasteiger partial charge in [-0.05, 0) is 61.9 Å². The van der Waals surface area contributed by atoms with Gasteiger partial charge in [-0.2, -0.15) is 0 Å². The molecular formula is C28H37N3O2. The van der Waals surface area contributed by atoms with Gasteiger partial charge in [0.15, 0.2) is 0 Å². The Kier molecular flexibility index (Phi) is 9.11. The molecule has 0 saturated heterocycles. The second-order valence-corrected chi connectivity index (χ2v) is 8.74. The van der Waals surface area contributed by atoms with Crippen LogP contribution in [0.5, 0.6) is 5.75 Å². The third kappa shape index (κ3) is 6.95. The molecule has 3 aromatic rings. The summed E-state index contributed by atoms with van der Waals surface area (Å²) >= 11 is 0. The number of hydrogen-bond donors (Lipinski definition) is 1. The van der Waals surface area contributed by atoms with Gasteiger partial charge < -0.3 is 14.6 Å². The summed E-state index contributed by atoms with van der Waals surface area (Å²) < 4.78 is 8.34. The molecule has 0 aliphatic carbocycles. The van der Waals surface area contributed by atoms with Gasteiger partial charge in [-0.25, -0.2) is 4.98 Å². The fraction of sp³-hybridized carbons (Fsp3) is 0.429. The summed E-state index contributed by atoms with van der Waals surface area (Å²) in [6, 6.07) is 16.8. The van der Waals surface area contributed by atoms with Crippen LogP contribution < -0.4 is 10.1 Å². The van der Waals surface area contributed by atoms with Crippen LogP contribution in [-0.2, 0) is 17.8 Å². The molecule has 0 spiro atoms. The van der Waals surface area contributed by atoms with Gasteiger partial charge in [-0.1, -0.05) is 51.1 Å². The topological polar surface area (TPSA) is 56.2 Å². The Hall–Kier alpha value is -3.08. The van der Waals surface area contributed by atoms with E-state index in [-0.39, 0.29) is 5.91 Å². The zero-order valence-corrected chi connectivity index (χ0v) is 20.3. The van der Waals surface area contributed by atoms with Gasteiger partial charge in [0.25, 0.3) is 0 Å². The summed E-state index contributed by atoms with van der Waals surface area (Å²) in [5.74, 6) is 2.51. The van der Waals surface area contributed by atoms with Crippen molar-refractivity contribution in [1.29, 1.82) is 0 Å². The summed E-state index contributed by atoms with van der Waals surface area (Å²) in [4.78, 5) is 16.4. The van der Waals surface area contributed by atoms with E-state index in [0.717, 1.165) is 61.3 Å². The molecule has 1 amide bonds. The van der Waals surface area contributed by atoms with Crippen molar-refractivity contribution in [3.05, 3.63) is 72.1 Å². The Morgan fingerprint density at radius 3 is 2.61 bits per heavy atom. The second-order valence-electron chi connectivity index (χ2n) is 8.74. The number of carbonyl (C=O) groups excluding carboxylic acids is 1. The molecule has 33 heavy (non-hydrogen) atoms. The number of fused-ring (bicyclic) bond motifs is 1. The Balaban J connectivity index is 1.54. The minimum Gasteiger partial charge on any atom is -0.492 e. The third-order valence-electron chi connectivity index (χ3n) is 6.13. The van der Waals surface area contributed by atoms with E-state index in [9.17, 15) is 4.79 Å². The first-order valence-electron chi connectivity index (χ1n) is 12.1. The summed E-state index contributed by atoms with van der Waals surface area (Å²) in [6.07, 6.45) is 5.07. The zero-order chi connectivity index (χ0) is 23.6. The van der Waals surface area contributed by atoms with Crippen LogP contribution in [-0.4, -0.2) is 28.6 Å². The van der Waals surface area contributed by atoms with E-state index < -0.39 is 0 Å². The number of carbonyl (C=O) groups is 1. The number of imidazole rings is 1. The number of benzene rings is 2. The average molecular weight is 448 g/mol. The highest BCUT2D eigenvalue weighted by Gasteiger charge is 2.11. The lowest BCUT2D eigenvalue weighted by molar-refractivity contribution is -0.117. The molecule has 1 heterocycles. The Morgan fingerprint density at radius 2 is 1.88 bits per heavy atom. The van der Waals surface area contributed by atoms with Crippen LogP contribution >= 0.6 is 0 Å². The first-order valence-corrected chi connectivity index (χ1v) is 12.1. The van der Waals surface area contributed by atoms with E-state index in [4.69, 9.17) is 9.72 Å². The number of hydrogen-bond acceptors (Lipinski definition) is 3. The van der Waals surface area contributed by atoms with E-state index in [1.165, 1.54) is 5.56 Å². The van der Waals surface area contributed by atoms with Gasteiger partial charge in [0, 0.05) is 18.5 Å². The van der Waals surface area contributed by atoms with E-state index in [1.807, 2.05) is 6.07 Å². The van der Waals surface area contributed by atoms with E-state index >= 15 is 0 Å². The summed E-state index contributed by atoms with van der Waals surface area (Å²) in [5.41, 5.74) is 4.08. The molecule has 0 bridgehead atoms.